The molecule has 2 nitrogen and oxygen atoms in total. The quantitative estimate of drug-likeness (QED) is 0.510. The summed E-state index contributed by atoms with van der Waals surface area (Å²) in [5.74, 6) is 0.342. The Bertz CT molecular complexity index is 271. The van der Waals surface area contributed by atoms with Crippen molar-refractivity contribution in [1.29, 1.82) is 0 Å². The first-order chi connectivity index (χ1) is 5.43. The third-order valence-corrected chi connectivity index (χ3v) is 3.87. The highest BCUT2D eigenvalue weighted by molar-refractivity contribution is 6.90. The number of aromatic hydroxyl groups is 1. The third-order valence-electron chi connectivity index (χ3n) is 1.82. The Morgan fingerprint density at radius 2 is 1.83 bits per heavy atom. The van der Waals surface area contributed by atoms with Crippen LogP contribution in [0.1, 0.15) is 0 Å². The zero-order chi connectivity index (χ0) is 9.35. The molecule has 0 unspecified atom stereocenters. The molecule has 3 heteroatoms. The molecule has 0 saturated carbocycles. The number of phenols is 1. The third kappa shape index (κ3) is 1.61. The highest BCUT2D eigenvalue weighted by Gasteiger charge is 2.22. The maximum Gasteiger partial charge on any atom is 0.116 e. The van der Waals surface area contributed by atoms with Crippen LogP contribution >= 0.6 is 0 Å². The van der Waals surface area contributed by atoms with Crippen LogP contribution in [-0.2, 0) is 0 Å². The van der Waals surface area contributed by atoms with E-state index in [9.17, 15) is 5.11 Å². The molecule has 66 valence electrons. The van der Waals surface area contributed by atoms with Crippen molar-refractivity contribution in [2.45, 2.75) is 19.6 Å². The second-order valence-corrected chi connectivity index (χ2v) is 8.99. The lowest BCUT2D eigenvalue weighted by Gasteiger charge is -2.19. The van der Waals surface area contributed by atoms with Gasteiger partial charge in [-0.2, -0.15) is 0 Å². The summed E-state index contributed by atoms with van der Waals surface area (Å²) in [6.45, 7) is 6.50. The topological polar surface area (TPSA) is 46.2 Å². The highest BCUT2D eigenvalue weighted by atomic mass is 28.3. The molecule has 3 N–H and O–H groups in total. The van der Waals surface area contributed by atoms with Crippen molar-refractivity contribution in [3.8, 4) is 5.75 Å². The molecule has 0 fully saturated rings. The predicted octanol–water partition coefficient (Wildman–Crippen LogP) is 1.52. The highest BCUT2D eigenvalue weighted by Crippen LogP contribution is 2.17. The Morgan fingerprint density at radius 1 is 1.25 bits per heavy atom. The molecule has 0 aromatic heterocycles. The number of rotatable bonds is 1. The zero-order valence-electron chi connectivity index (χ0n) is 7.76. The molecule has 0 spiro atoms. The summed E-state index contributed by atoms with van der Waals surface area (Å²) in [6, 6.07) is 5.31. The lowest BCUT2D eigenvalue weighted by atomic mass is 10.3. The number of phenolic OH excluding ortho intramolecular Hbond substituents is 1. The molecule has 0 radical (unpaired) electrons. The van der Waals surface area contributed by atoms with Gasteiger partial charge in [-0.25, -0.2) is 0 Å². The number of hydrogen-bond acceptors (Lipinski definition) is 2. The Balaban J connectivity index is 3.31. The van der Waals surface area contributed by atoms with Gasteiger partial charge in [0.25, 0.3) is 0 Å². The minimum atomic E-state index is -1.50. The maximum atomic E-state index is 9.58. The van der Waals surface area contributed by atoms with Gasteiger partial charge in [-0.15, -0.1) is 0 Å². The van der Waals surface area contributed by atoms with Gasteiger partial charge in [-0.1, -0.05) is 25.7 Å². The number of nitrogen functional groups attached to an aromatic ring is 1. The SMILES string of the molecule is C[Si](C)(C)c1c(N)cccc1O. The number of anilines is 1. The number of hydrogen-bond donors (Lipinski definition) is 2. The fourth-order valence-electron chi connectivity index (χ4n) is 1.37. The van der Waals surface area contributed by atoms with Crippen LogP contribution in [0.25, 0.3) is 0 Å². The summed E-state index contributed by atoms with van der Waals surface area (Å²) in [5, 5.41) is 10.5. The molecular weight excluding hydrogens is 166 g/mol. The largest absolute Gasteiger partial charge is 0.508 e. The lowest BCUT2D eigenvalue weighted by Crippen LogP contribution is -2.39. The fraction of sp³-hybridized carbons (Fsp3) is 0.333. The number of nitrogens with two attached hydrogens (primary N) is 1. The molecule has 0 heterocycles. The van der Waals surface area contributed by atoms with Crippen molar-refractivity contribution in [3.05, 3.63) is 18.2 Å². The van der Waals surface area contributed by atoms with Crippen molar-refractivity contribution < 1.29 is 5.11 Å². The van der Waals surface area contributed by atoms with Crippen LogP contribution in [0, 0.1) is 0 Å². The first-order valence-corrected chi connectivity index (χ1v) is 7.51. The van der Waals surface area contributed by atoms with E-state index in [0.717, 1.165) is 5.19 Å². The molecular formula is C9H15NOSi. The van der Waals surface area contributed by atoms with E-state index in [-0.39, 0.29) is 0 Å². The van der Waals surface area contributed by atoms with Crippen LogP contribution in [0.3, 0.4) is 0 Å². The van der Waals surface area contributed by atoms with Gasteiger partial charge in [-0.3, -0.25) is 0 Å². The van der Waals surface area contributed by atoms with Gasteiger partial charge in [0.05, 0.1) is 8.07 Å². The average Bonchev–Trinajstić information content (AvgIpc) is 1.82. The molecule has 0 saturated heterocycles. The molecule has 12 heavy (non-hydrogen) atoms. The van der Waals surface area contributed by atoms with Gasteiger partial charge in [-0.05, 0) is 12.1 Å². The van der Waals surface area contributed by atoms with Crippen LogP contribution < -0.4 is 10.9 Å². The van der Waals surface area contributed by atoms with Gasteiger partial charge in [0.1, 0.15) is 5.75 Å². The van der Waals surface area contributed by atoms with Crippen LogP contribution in [0.4, 0.5) is 5.69 Å². The van der Waals surface area contributed by atoms with E-state index in [4.69, 9.17) is 5.73 Å². The Labute approximate surface area is 74.0 Å². The van der Waals surface area contributed by atoms with Crippen molar-refractivity contribution in [2.24, 2.45) is 0 Å². The first-order valence-electron chi connectivity index (χ1n) is 4.01. The van der Waals surface area contributed by atoms with E-state index in [2.05, 4.69) is 19.6 Å². The number of benzene rings is 1. The molecule has 1 rings (SSSR count). The lowest BCUT2D eigenvalue weighted by molar-refractivity contribution is 0.479. The van der Waals surface area contributed by atoms with Crippen LogP contribution in [-0.4, -0.2) is 13.2 Å². The summed E-state index contributed by atoms with van der Waals surface area (Å²) in [7, 11) is -1.50. The van der Waals surface area contributed by atoms with Crippen molar-refractivity contribution in [3.63, 3.8) is 0 Å². The van der Waals surface area contributed by atoms with Crippen molar-refractivity contribution in [2.75, 3.05) is 5.73 Å². The van der Waals surface area contributed by atoms with Gasteiger partial charge in [0.2, 0.25) is 0 Å². The Hall–Kier alpha value is -0.963. The molecule has 0 bridgehead atoms. The Kier molecular flexibility index (Phi) is 2.15. The fourth-order valence-corrected chi connectivity index (χ4v) is 3.18. The minimum Gasteiger partial charge on any atom is -0.508 e. The average molecular weight is 181 g/mol. The predicted molar refractivity (Wildman–Crippen MR) is 55.5 cm³/mol. The van der Waals surface area contributed by atoms with E-state index in [1.165, 1.54) is 0 Å². The molecule has 1 aromatic carbocycles. The van der Waals surface area contributed by atoms with Crippen molar-refractivity contribution >= 4 is 18.9 Å². The van der Waals surface area contributed by atoms with E-state index in [1.54, 1.807) is 12.1 Å². The van der Waals surface area contributed by atoms with E-state index in [0.29, 0.717) is 11.4 Å². The standard InChI is InChI=1S/C9H15NOSi/c1-12(2,3)9-7(10)5-4-6-8(9)11/h4-6,11H,10H2,1-3H3. The molecule has 1 aromatic rings. The second-order valence-electron chi connectivity index (χ2n) is 3.99. The van der Waals surface area contributed by atoms with Crippen LogP contribution in [0.5, 0.6) is 5.75 Å². The summed E-state index contributed by atoms with van der Waals surface area (Å²) in [6.07, 6.45) is 0. The zero-order valence-corrected chi connectivity index (χ0v) is 8.76. The molecule has 0 atom stereocenters. The van der Waals surface area contributed by atoms with Crippen LogP contribution in [0.15, 0.2) is 18.2 Å². The van der Waals surface area contributed by atoms with Crippen molar-refractivity contribution in [1.82, 2.24) is 0 Å². The summed E-state index contributed by atoms with van der Waals surface area (Å²) in [4.78, 5) is 0. The van der Waals surface area contributed by atoms with Gasteiger partial charge in [0, 0.05) is 10.9 Å². The minimum absolute atomic E-state index is 0.342. The smallest absolute Gasteiger partial charge is 0.116 e. The monoisotopic (exact) mass is 181 g/mol. The first kappa shape index (κ1) is 9.13. The molecule has 0 aliphatic rings. The molecule has 0 amide bonds. The van der Waals surface area contributed by atoms with Crippen LogP contribution in [0.2, 0.25) is 19.6 Å². The second kappa shape index (κ2) is 2.82. The summed E-state index contributed by atoms with van der Waals surface area (Å²) >= 11 is 0. The summed E-state index contributed by atoms with van der Waals surface area (Å²) in [5.41, 5.74) is 6.50. The molecule has 0 aliphatic heterocycles. The van der Waals surface area contributed by atoms with Gasteiger partial charge in [0.15, 0.2) is 0 Å². The van der Waals surface area contributed by atoms with Gasteiger partial charge >= 0.3 is 0 Å². The summed E-state index contributed by atoms with van der Waals surface area (Å²) < 4.78 is 0. The Morgan fingerprint density at radius 3 is 2.17 bits per heavy atom. The molecule has 0 aliphatic carbocycles. The van der Waals surface area contributed by atoms with E-state index in [1.807, 2.05) is 6.07 Å². The maximum absolute atomic E-state index is 9.58. The van der Waals surface area contributed by atoms with E-state index < -0.39 is 8.07 Å². The van der Waals surface area contributed by atoms with E-state index >= 15 is 0 Å². The van der Waals surface area contributed by atoms with Gasteiger partial charge < -0.3 is 10.8 Å². The normalized spacial score (nSPS) is 11.6.